The van der Waals surface area contributed by atoms with Crippen molar-refractivity contribution in [1.29, 1.82) is 0 Å². The number of carbonyl (C=O) groups is 1. The third-order valence-electron chi connectivity index (χ3n) is 5.73. The second kappa shape index (κ2) is 6.64. The van der Waals surface area contributed by atoms with Gasteiger partial charge in [-0.15, -0.1) is 0 Å². The van der Waals surface area contributed by atoms with Crippen LogP contribution in [0.25, 0.3) is 0 Å². The van der Waals surface area contributed by atoms with Crippen molar-refractivity contribution in [2.45, 2.75) is 46.1 Å². The fourth-order valence-corrected chi connectivity index (χ4v) is 4.50. The molecule has 3 atom stereocenters. The second-order valence-corrected chi connectivity index (χ2v) is 7.77. The molecule has 0 spiro atoms. The average molecular weight is 315 g/mol. The van der Waals surface area contributed by atoms with Crippen molar-refractivity contribution < 1.29 is 9.53 Å². The summed E-state index contributed by atoms with van der Waals surface area (Å²) in [6, 6.07) is 4.64. The van der Waals surface area contributed by atoms with Gasteiger partial charge in [0.25, 0.3) is 0 Å². The van der Waals surface area contributed by atoms with Crippen molar-refractivity contribution in [2.75, 3.05) is 20.2 Å². The number of rotatable bonds is 4. The molecule has 2 heterocycles. The molecule has 0 saturated carbocycles. The Balaban J connectivity index is 1.88. The number of ether oxygens (including phenoxy) is 1. The van der Waals surface area contributed by atoms with Gasteiger partial charge in [0.15, 0.2) is 6.29 Å². The summed E-state index contributed by atoms with van der Waals surface area (Å²) in [6.45, 7) is 9.39. The van der Waals surface area contributed by atoms with E-state index in [0.717, 1.165) is 37.0 Å². The van der Waals surface area contributed by atoms with Crippen LogP contribution in [-0.2, 0) is 6.42 Å². The zero-order chi connectivity index (χ0) is 16.6. The Morgan fingerprint density at radius 1 is 1.39 bits per heavy atom. The molecule has 3 nitrogen and oxygen atoms in total. The highest BCUT2D eigenvalue weighted by Crippen LogP contribution is 2.43. The summed E-state index contributed by atoms with van der Waals surface area (Å²) >= 11 is 0. The highest BCUT2D eigenvalue weighted by molar-refractivity contribution is 5.80. The monoisotopic (exact) mass is 315 g/mol. The van der Waals surface area contributed by atoms with Crippen LogP contribution in [0.3, 0.4) is 0 Å². The molecule has 126 valence electrons. The first-order valence-corrected chi connectivity index (χ1v) is 8.93. The van der Waals surface area contributed by atoms with Crippen LogP contribution in [0.5, 0.6) is 5.75 Å². The lowest BCUT2D eigenvalue weighted by molar-refractivity contribution is 0.0516. The third kappa shape index (κ3) is 3.16. The van der Waals surface area contributed by atoms with Gasteiger partial charge in [0.1, 0.15) is 5.75 Å². The molecular weight excluding hydrogens is 286 g/mol. The quantitative estimate of drug-likeness (QED) is 0.783. The van der Waals surface area contributed by atoms with Gasteiger partial charge in [0.2, 0.25) is 0 Å². The topological polar surface area (TPSA) is 29.5 Å². The fourth-order valence-electron chi connectivity index (χ4n) is 4.50. The number of hydrogen-bond acceptors (Lipinski definition) is 3. The maximum atomic E-state index is 11.4. The van der Waals surface area contributed by atoms with Crippen LogP contribution in [0.15, 0.2) is 12.1 Å². The average Bonchev–Trinajstić information content (AvgIpc) is 2.53. The molecule has 1 aromatic rings. The molecule has 1 fully saturated rings. The van der Waals surface area contributed by atoms with Gasteiger partial charge >= 0.3 is 0 Å². The Hall–Kier alpha value is -1.35. The summed E-state index contributed by atoms with van der Waals surface area (Å²) < 4.78 is 5.38. The lowest BCUT2D eigenvalue weighted by atomic mass is 9.75. The van der Waals surface area contributed by atoms with Gasteiger partial charge in [0.05, 0.1) is 12.7 Å². The minimum absolute atomic E-state index is 0.474. The minimum Gasteiger partial charge on any atom is -0.496 e. The predicted octanol–water partition coefficient (Wildman–Crippen LogP) is 4.11. The van der Waals surface area contributed by atoms with Crippen LogP contribution in [-0.4, -0.2) is 31.4 Å². The molecule has 1 aromatic carbocycles. The molecule has 0 amide bonds. The van der Waals surface area contributed by atoms with Gasteiger partial charge in [-0.05, 0) is 60.3 Å². The molecule has 23 heavy (non-hydrogen) atoms. The van der Waals surface area contributed by atoms with Gasteiger partial charge in [-0.1, -0.05) is 20.8 Å². The summed E-state index contributed by atoms with van der Waals surface area (Å²) in [4.78, 5) is 14.0. The molecule has 0 N–H and O–H groups in total. The zero-order valence-electron chi connectivity index (χ0n) is 14.8. The van der Waals surface area contributed by atoms with Crippen molar-refractivity contribution >= 4 is 6.29 Å². The SMILES string of the molecule is COc1cc2c(cc1C=O)C1C[C@@H](C)[C@H](CC(C)C)CN1CC2. The normalized spacial score (nSPS) is 27.4. The van der Waals surface area contributed by atoms with E-state index in [-0.39, 0.29) is 0 Å². The van der Waals surface area contributed by atoms with E-state index in [1.54, 1.807) is 7.11 Å². The van der Waals surface area contributed by atoms with Gasteiger partial charge in [0, 0.05) is 19.1 Å². The van der Waals surface area contributed by atoms with E-state index in [2.05, 4.69) is 37.8 Å². The van der Waals surface area contributed by atoms with Crippen molar-refractivity contribution in [3.05, 3.63) is 28.8 Å². The zero-order valence-corrected chi connectivity index (χ0v) is 14.8. The van der Waals surface area contributed by atoms with E-state index in [1.165, 1.54) is 30.5 Å². The largest absolute Gasteiger partial charge is 0.496 e. The molecule has 2 aliphatic heterocycles. The minimum atomic E-state index is 0.474. The predicted molar refractivity (Wildman–Crippen MR) is 93.1 cm³/mol. The Kier molecular flexibility index (Phi) is 4.77. The smallest absolute Gasteiger partial charge is 0.153 e. The Labute approximate surface area is 140 Å². The van der Waals surface area contributed by atoms with E-state index in [0.29, 0.717) is 17.4 Å². The number of aldehydes is 1. The van der Waals surface area contributed by atoms with E-state index in [9.17, 15) is 4.79 Å². The van der Waals surface area contributed by atoms with Crippen LogP contribution in [0, 0.1) is 17.8 Å². The Morgan fingerprint density at radius 3 is 2.83 bits per heavy atom. The van der Waals surface area contributed by atoms with Crippen LogP contribution in [0.1, 0.15) is 61.1 Å². The first kappa shape index (κ1) is 16.5. The first-order chi connectivity index (χ1) is 11.0. The first-order valence-electron chi connectivity index (χ1n) is 8.93. The van der Waals surface area contributed by atoms with Gasteiger partial charge in [-0.25, -0.2) is 0 Å². The number of carbonyl (C=O) groups excluding carboxylic acids is 1. The molecule has 1 unspecified atom stereocenters. The molecule has 0 aliphatic carbocycles. The summed E-state index contributed by atoms with van der Waals surface area (Å²) in [5, 5.41) is 0. The molecular formula is C20H29NO2. The van der Waals surface area contributed by atoms with E-state index < -0.39 is 0 Å². The fraction of sp³-hybridized carbons (Fsp3) is 0.650. The lowest BCUT2D eigenvalue weighted by Crippen LogP contribution is -2.45. The third-order valence-corrected chi connectivity index (χ3v) is 5.73. The van der Waals surface area contributed by atoms with Gasteiger partial charge < -0.3 is 4.74 Å². The molecule has 2 aliphatic rings. The number of methoxy groups -OCH3 is 1. The molecule has 3 rings (SSSR count). The Bertz CT molecular complexity index is 581. The van der Waals surface area contributed by atoms with Crippen LogP contribution in [0.2, 0.25) is 0 Å². The number of piperidine rings is 1. The summed E-state index contributed by atoms with van der Waals surface area (Å²) in [5.74, 6) is 3.03. The highest BCUT2D eigenvalue weighted by atomic mass is 16.5. The molecule has 0 aromatic heterocycles. The van der Waals surface area contributed by atoms with Crippen LogP contribution in [0.4, 0.5) is 0 Å². The summed E-state index contributed by atoms with van der Waals surface area (Å²) in [5.41, 5.74) is 3.40. The van der Waals surface area contributed by atoms with E-state index in [1.807, 2.05) is 0 Å². The van der Waals surface area contributed by atoms with Gasteiger partial charge in [-0.2, -0.15) is 0 Å². The van der Waals surface area contributed by atoms with E-state index >= 15 is 0 Å². The lowest BCUT2D eigenvalue weighted by Gasteiger charge is -2.47. The maximum absolute atomic E-state index is 11.4. The molecule has 0 radical (unpaired) electrons. The van der Waals surface area contributed by atoms with Crippen molar-refractivity contribution in [3.8, 4) is 5.75 Å². The van der Waals surface area contributed by atoms with Crippen molar-refractivity contribution in [1.82, 2.24) is 4.90 Å². The summed E-state index contributed by atoms with van der Waals surface area (Å²) in [7, 11) is 1.64. The van der Waals surface area contributed by atoms with Crippen molar-refractivity contribution in [2.24, 2.45) is 17.8 Å². The molecule has 0 bridgehead atoms. The van der Waals surface area contributed by atoms with E-state index in [4.69, 9.17) is 4.74 Å². The number of fused-ring (bicyclic) bond motifs is 3. The van der Waals surface area contributed by atoms with Crippen LogP contribution >= 0.6 is 0 Å². The van der Waals surface area contributed by atoms with Crippen molar-refractivity contribution in [3.63, 3.8) is 0 Å². The van der Waals surface area contributed by atoms with Crippen LogP contribution < -0.4 is 4.74 Å². The highest BCUT2D eigenvalue weighted by Gasteiger charge is 2.37. The Morgan fingerprint density at radius 2 is 2.17 bits per heavy atom. The second-order valence-electron chi connectivity index (χ2n) is 7.77. The number of benzene rings is 1. The van der Waals surface area contributed by atoms with Gasteiger partial charge in [-0.3, -0.25) is 9.69 Å². The standard InChI is InChI=1S/C20H29NO2/c1-13(2)7-16-11-21-6-5-15-10-20(23-4)17(12-22)9-18(15)19(21)8-14(16)3/h9-10,12-14,16,19H,5-8,11H2,1-4H3/t14-,16-,19?/m1/s1. The number of hydrogen-bond donors (Lipinski definition) is 0. The molecule has 3 heteroatoms. The maximum Gasteiger partial charge on any atom is 0.153 e. The molecule has 1 saturated heterocycles. The summed E-state index contributed by atoms with van der Waals surface area (Å²) in [6.07, 6.45) is 4.50. The number of nitrogens with zero attached hydrogens (tertiary/aromatic N) is 1.